The van der Waals surface area contributed by atoms with E-state index >= 15 is 0 Å². The number of hydrogen-bond acceptors (Lipinski definition) is 8. The van der Waals surface area contributed by atoms with E-state index in [9.17, 15) is 25.2 Å². The number of carbonyl (C=O) groups is 1. The van der Waals surface area contributed by atoms with Gasteiger partial charge in [0.25, 0.3) is 0 Å². The zero-order valence-corrected chi connectivity index (χ0v) is 27.6. The summed E-state index contributed by atoms with van der Waals surface area (Å²) in [5, 5.41) is 40.4. The first-order chi connectivity index (χ1) is 20.8. The number of ether oxygens (including phenoxy) is 3. The lowest BCUT2D eigenvalue weighted by Gasteiger charge is -2.20. The van der Waals surface area contributed by atoms with Crippen LogP contribution in [-0.2, 0) is 19.0 Å². The van der Waals surface area contributed by atoms with Crippen molar-refractivity contribution < 1.29 is 39.4 Å². The fourth-order valence-electron chi connectivity index (χ4n) is 5.50. The van der Waals surface area contributed by atoms with Crippen LogP contribution in [0.15, 0.2) is 11.6 Å². The lowest BCUT2D eigenvalue weighted by Crippen LogP contribution is -2.36. The van der Waals surface area contributed by atoms with E-state index in [2.05, 4.69) is 6.92 Å². The zero-order chi connectivity index (χ0) is 31.5. The molecular formula is C35H66O8. The highest BCUT2D eigenvalue weighted by Crippen LogP contribution is 2.22. The Hall–Kier alpha value is -1.03. The summed E-state index contributed by atoms with van der Waals surface area (Å²) < 4.78 is 15.9. The quantitative estimate of drug-likeness (QED) is 0.0512. The van der Waals surface area contributed by atoms with Gasteiger partial charge >= 0.3 is 5.97 Å². The number of unbranched alkanes of at least 4 members (excludes halogenated alkanes) is 16. The van der Waals surface area contributed by atoms with Crippen LogP contribution in [-0.4, -0.2) is 83.3 Å². The Morgan fingerprint density at radius 2 is 1.02 bits per heavy atom. The zero-order valence-electron chi connectivity index (χ0n) is 27.6. The van der Waals surface area contributed by atoms with Crippen molar-refractivity contribution in [3.05, 3.63) is 11.6 Å². The molecule has 4 N–H and O–H groups in total. The van der Waals surface area contributed by atoms with Gasteiger partial charge in [0.05, 0.1) is 38.6 Å². The molecule has 0 fully saturated rings. The molecule has 0 aromatic rings. The molecule has 43 heavy (non-hydrogen) atoms. The molecule has 1 aliphatic heterocycles. The molecule has 0 saturated heterocycles. The van der Waals surface area contributed by atoms with Crippen LogP contribution < -0.4 is 0 Å². The fourth-order valence-corrected chi connectivity index (χ4v) is 5.50. The van der Waals surface area contributed by atoms with Crippen LogP contribution in [0.25, 0.3) is 0 Å². The van der Waals surface area contributed by atoms with E-state index in [1.54, 1.807) is 6.08 Å². The highest BCUT2D eigenvalue weighted by molar-refractivity contribution is 5.85. The van der Waals surface area contributed by atoms with Gasteiger partial charge in [-0.1, -0.05) is 116 Å². The van der Waals surface area contributed by atoms with Gasteiger partial charge in [-0.25, -0.2) is 4.79 Å². The minimum atomic E-state index is -1.09. The molecule has 0 bridgehead atoms. The van der Waals surface area contributed by atoms with Crippen molar-refractivity contribution in [1.29, 1.82) is 0 Å². The molecule has 8 heteroatoms. The second-order valence-corrected chi connectivity index (χ2v) is 12.7. The van der Waals surface area contributed by atoms with Crippen molar-refractivity contribution in [2.75, 3.05) is 26.4 Å². The third-order valence-corrected chi connectivity index (χ3v) is 8.40. The van der Waals surface area contributed by atoms with Gasteiger partial charge in [0.1, 0.15) is 18.3 Å². The van der Waals surface area contributed by atoms with E-state index in [0.29, 0.717) is 12.8 Å². The number of aliphatic hydroxyl groups is 4. The number of rotatable bonds is 31. The molecule has 0 amide bonds. The van der Waals surface area contributed by atoms with Crippen LogP contribution in [0.2, 0.25) is 0 Å². The second kappa shape index (κ2) is 27.3. The summed E-state index contributed by atoms with van der Waals surface area (Å²) in [5.74, 6) is -0.198. The average molecular weight is 615 g/mol. The first kappa shape index (κ1) is 40.0. The smallest absolute Gasteiger partial charge is 0.331 e. The van der Waals surface area contributed by atoms with Crippen molar-refractivity contribution in [3.63, 3.8) is 0 Å². The third-order valence-electron chi connectivity index (χ3n) is 8.40. The molecule has 0 aliphatic carbocycles. The van der Waals surface area contributed by atoms with Gasteiger partial charge < -0.3 is 34.6 Å². The van der Waals surface area contributed by atoms with E-state index in [1.807, 2.05) is 6.92 Å². The molecule has 5 atom stereocenters. The van der Waals surface area contributed by atoms with E-state index in [-0.39, 0.29) is 38.5 Å². The van der Waals surface area contributed by atoms with Crippen molar-refractivity contribution in [2.45, 2.75) is 179 Å². The third kappa shape index (κ3) is 23.0. The Morgan fingerprint density at radius 3 is 1.42 bits per heavy atom. The molecular weight excluding hydrogens is 548 g/mol. The molecule has 0 radical (unpaired) electrons. The summed E-state index contributed by atoms with van der Waals surface area (Å²) in [6, 6.07) is 0. The SMILES string of the molecule is CCCCCCCCCC[C@H](O)COC[C@@H](O)[C@H](O)COC[C@@H](O)CCCCCCCCCCCCC1=CC(=O)O[C@H]1C. The van der Waals surface area contributed by atoms with Gasteiger partial charge in [0, 0.05) is 6.08 Å². The topological polar surface area (TPSA) is 126 Å². The lowest BCUT2D eigenvalue weighted by atomic mass is 10.0. The van der Waals surface area contributed by atoms with Crippen molar-refractivity contribution in [1.82, 2.24) is 0 Å². The van der Waals surface area contributed by atoms with Gasteiger partial charge in [-0.05, 0) is 38.2 Å². The highest BCUT2D eigenvalue weighted by atomic mass is 16.5. The first-order valence-corrected chi connectivity index (χ1v) is 17.6. The number of aliphatic hydroxyl groups excluding tert-OH is 4. The largest absolute Gasteiger partial charge is 0.455 e. The summed E-state index contributed by atoms with van der Waals surface area (Å²) in [7, 11) is 0. The van der Waals surface area contributed by atoms with Crippen LogP contribution in [0.3, 0.4) is 0 Å². The Labute approximate surface area is 262 Å². The number of cyclic esters (lactones) is 1. The highest BCUT2D eigenvalue weighted by Gasteiger charge is 2.21. The Morgan fingerprint density at radius 1 is 0.628 bits per heavy atom. The van der Waals surface area contributed by atoms with Crippen molar-refractivity contribution in [2.24, 2.45) is 0 Å². The minimum absolute atomic E-state index is 0.0421. The maximum Gasteiger partial charge on any atom is 0.331 e. The molecule has 254 valence electrons. The first-order valence-electron chi connectivity index (χ1n) is 17.6. The molecule has 8 nitrogen and oxygen atoms in total. The average Bonchev–Trinajstić information content (AvgIpc) is 3.30. The lowest BCUT2D eigenvalue weighted by molar-refractivity contribution is -0.138. The second-order valence-electron chi connectivity index (χ2n) is 12.7. The molecule has 1 aliphatic rings. The van der Waals surface area contributed by atoms with Gasteiger partial charge in [0.2, 0.25) is 0 Å². The van der Waals surface area contributed by atoms with Gasteiger partial charge in [0.15, 0.2) is 0 Å². The Balaban J connectivity index is 1.86. The standard InChI is InChI=1S/C35H66O8/c1-3-4-5-6-7-13-16-19-22-31(36)25-41-27-33(38)34(39)28-42-26-32(37)23-20-17-14-11-9-8-10-12-15-18-21-30-24-35(40)43-29(30)2/h24,29,31-34,36-39H,3-23,25-28H2,1-2H3/t29-,31-,32-,33+,34+/m0/s1. The van der Waals surface area contributed by atoms with Crippen LogP contribution in [0.5, 0.6) is 0 Å². The summed E-state index contributed by atoms with van der Waals surface area (Å²) in [6.07, 6.45) is 22.2. The predicted octanol–water partition coefficient (Wildman–Crippen LogP) is 6.55. The van der Waals surface area contributed by atoms with Crippen molar-refractivity contribution in [3.8, 4) is 0 Å². The van der Waals surface area contributed by atoms with Crippen LogP contribution in [0, 0.1) is 0 Å². The monoisotopic (exact) mass is 614 g/mol. The van der Waals surface area contributed by atoms with E-state index in [0.717, 1.165) is 44.1 Å². The maximum atomic E-state index is 11.2. The molecule has 0 aromatic heterocycles. The van der Waals surface area contributed by atoms with Gasteiger partial charge in [-0.2, -0.15) is 0 Å². The van der Waals surface area contributed by atoms with E-state index < -0.39 is 24.4 Å². The fraction of sp³-hybridized carbons (Fsp3) is 0.914. The van der Waals surface area contributed by atoms with E-state index in [1.165, 1.54) is 83.5 Å². The number of carbonyl (C=O) groups excluding carboxylic acids is 1. The minimum Gasteiger partial charge on any atom is -0.455 e. The number of hydrogen-bond donors (Lipinski definition) is 4. The molecule has 0 spiro atoms. The molecule has 0 saturated carbocycles. The molecule has 1 rings (SSSR count). The summed E-state index contributed by atoms with van der Waals surface area (Å²) in [5.41, 5.74) is 1.13. The van der Waals surface area contributed by atoms with Crippen LogP contribution in [0.1, 0.15) is 149 Å². The molecule has 0 aromatic carbocycles. The van der Waals surface area contributed by atoms with Gasteiger partial charge in [-0.3, -0.25) is 0 Å². The summed E-state index contributed by atoms with van der Waals surface area (Å²) in [4.78, 5) is 11.2. The normalized spacial score (nSPS) is 18.0. The molecule has 0 unspecified atom stereocenters. The maximum absolute atomic E-state index is 11.2. The van der Waals surface area contributed by atoms with Gasteiger partial charge in [-0.15, -0.1) is 0 Å². The van der Waals surface area contributed by atoms with E-state index in [4.69, 9.17) is 14.2 Å². The van der Waals surface area contributed by atoms with Crippen LogP contribution >= 0.6 is 0 Å². The Kier molecular flexibility index (Phi) is 25.4. The summed E-state index contributed by atoms with van der Waals surface area (Å²) in [6.45, 7) is 4.34. The molecule has 1 heterocycles. The number of esters is 1. The summed E-state index contributed by atoms with van der Waals surface area (Å²) >= 11 is 0. The van der Waals surface area contributed by atoms with Crippen LogP contribution in [0.4, 0.5) is 0 Å². The van der Waals surface area contributed by atoms with Crippen molar-refractivity contribution >= 4 is 5.97 Å². The Bertz CT molecular complexity index is 685. The predicted molar refractivity (Wildman–Crippen MR) is 172 cm³/mol.